The van der Waals surface area contributed by atoms with E-state index in [9.17, 15) is 0 Å². The van der Waals surface area contributed by atoms with Crippen molar-refractivity contribution in [1.29, 1.82) is 0 Å². The molecule has 0 heterocycles. The molecule has 0 spiro atoms. The van der Waals surface area contributed by atoms with E-state index in [0.29, 0.717) is 6.04 Å². The minimum atomic E-state index is 0.711. The van der Waals surface area contributed by atoms with E-state index in [-0.39, 0.29) is 0 Å². The van der Waals surface area contributed by atoms with Gasteiger partial charge in [0.15, 0.2) is 0 Å². The van der Waals surface area contributed by atoms with Crippen molar-refractivity contribution in [2.45, 2.75) is 45.7 Å². The van der Waals surface area contributed by atoms with Gasteiger partial charge in [0.1, 0.15) is 0 Å². The maximum Gasteiger partial charge on any atom is 0.0237 e. The molecular formula is C17H28N2. The summed E-state index contributed by atoms with van der Waals surface area (Å²) in [5.74, 6) is 1.70. The smallest absolute Gasteiger partial charge is 0.0237 e. The number of hydrogen-bond donors (Lipinski definition) is 1. The van der Waals surface area contributed by atoms with Crippen molar-refractivity contribution in [3.63, 3.8) is 0 Å². The SMILES string of the molecule is CC1CC(C)CC(N(CCN)Cc2ccccc2)C1. The molecular weight excluding hydrogens is 232 g/mol. The van der Waals surface area contributed by atoms with E-state index in [2.05, 4.69) is 49.1 Å². The fourth-order valence-corrected chi connectivity index (χ4v) is 3.58. The van der Waals surface area contributed by atoms with Gasteiger partial charge in [-0.05, 0) is 36.7 Å². The molecule has 0 aromatic heterocycles. The van der Waals surface area contributed by atoms with Gasteiger partial charge in [-0.25, -0.2) is 0 Å². The lowest BCUT2D eigenvalue weighted by molar-refractivity contribution is 0.106. The van der Waals surface area contributed by atoms with Crippen molar-refractivity contribution in [2.24, 2.45) is 17.6 Å². The van der Waals surface area contributed by atoms with Crippen molar-refractivity contribution in [2.75, 3.05) is 13.1 Å². The van der Waals surface area contributed by atoms with Gasteiger partial charge >= 0.3 is 0 Å². The van der Waals surface area contributed by atoms with Crippen LogP contribution in [0.5, 0.6) is 0 Å². The van der Waals surface area contributed by atoms with Crippen LogP contribution < -0.4 is 5.73 Å². The molecule has 2 atom stereocenters. The summed E-state index contributed by atoms with van der Waals surface area (Å²) in [6.07, 6.45) is 4.05. The van der Waals surface area contributed by atoms with E-state index < -0.39 is 0 Å². The average molecular weight is 260 g/mol. The van der Waals surface area contributed by atoms with E-state index in [1.54, 1.807) is 0 Å². The second kappa shape index (κ2) is 7.06. The number of nitrogens with two attached hydrogens (primary N) is 1. The highest BCUT2D eigenvalue weighted by molar-refractivity contribution is 5.14. The molecule has 2 unspecified atom stereocenters. The zero-order valence-electron chi connectivity index (χ0n) is 12.4. The van der Waals surface area contributed by atoms with Gasteiger partial charge in [0.2, 0.25) is 0 Å². The highest BCUT2D eigenvalue weighted by atomic mass is 15.2. The molecule has 1 aliphatic rings. The van der Waals surface area contributed by atoms with Gasteiger partial charge in [-0.2, -0.15) is 0 Å². The van der Waals surface area contributed by atoms with Crippen LogP contribution in [0.2, 0.25) is 0 Å². The lowest BCUT2D eigenvalue weighted by Gasteiger charge is -2.39. The monoisotopic (exact) mass is 260 g/mol. The summed E-state index contributed by atoms with van der Waals surface area (Å²) in [5, 5.41) is 0. The first kappa shape index (κ1) is 14.5. The molecule has 19 heavy (non-hydrogen) atoms. The van der Waals surface area contributed by atoms with E-state index in [0.717, 1.165) is 31.5 Å². The fourth-order valence-electron chi connectivity index (χ4n) is 3.58. The van der Waals surface area contributed by atoms with Crippen LogP contribution in [0.25, 0.3) is 0 Å². The molecule has 106 valence electrons. The highest BCUT2D eigenvalue weighted by Crippen LogP contribution is 2.32. The second-order valence-electron chi connectivity index (χ2n) is 6.32. The first-order chi connectivity index (χ1) is 9.19. The molecule has 1 fully saturated rings. The van der Waals surface area contributed by atoms with Crippen LogP contribution in [-0.4, -0.2) is 24.0 Å². The molecule has 0 bridgehead atoms. The Morgan fingerprint density at radius 2 is 1.68 bits per heavy atom. The molecule has 2 rings (SSSR count). The molecule has 2 heteroatoms. The maximum atomic E-state index is 5.82. The van der Waals surface area contributed by atoms with E-state index in [1.165, 1.54) is 24.8 Å². The number of benzene rings is 1. The third-order valence-electron chi connectivity index (χ3n) is 4.31. The Bertz CT molecular complexity index is 353. The first-order valence-corrected chi connectivity index (χ1v) is 7.67. The maximum absolute atomic E-state index is 5.82. The largest absolute Gasteiger partial charge is 0.329 e. The van der Waals surface area contributed by atoms with Gasteiger partial charge in [0.25, 0.3) is 0 Å². The summed E-state index contributed by atoms with van der Waals surface area (Å²) in [6.45, 7) is 7.60. The average Bonchev–Trinajstić information content (AvgIpc) is 2.38. The topological polar surface area (TPSA) is 29.3 Å². The van der Waals surface area contributed by atoms with Crippen LogP contribution in [0.3, 0.4) is 0 Å². The van der Waals surface area contributed by atoms with Crippen molar-refractivity contribution in [3.05, 3.63) is 35.9 Å². The molecule has 1 aliphatic carbocycles. The Hall–Kier alpha value is -0.860. The van der Waals surface area contributed by atoms with Crippen molar-refractivity contribution >= 4 is 0 Å². The Kier molecular flexibility index (Phi) is 5.41. The molecule has 1 aromatic carbocycles. The summed E-state index contributed by atoms with van der Waals surface area (Å²) in [5.41, 5.74) is 7.22. The van der Waals surface area contributed by atoms with Crippen molar-refractivity contribution in [3.8, 4) is 0 Å². The van der Waals surface area contributed by atoms with Gasteiger partial charge in [0, 0.05) is 25.7 Å². The lowest BCUT2D eigenvalue weighted by atomic mass is 9.79. The van der Waals surface area contributed by atoms with Gasteiger partial charge < -0.3 is 5.73 Å². The molecule has 0 amide bonds. The standard InChI is InChI=1S/C17H28N2/c1-14-10-15(2)12-17(11-14)19(9-8-18)13-16-6-4-3-5-7-16/h3-7,14-15,17H,8-13,18H2,1-2H3. The van der Waals surface area contributed by atoms with Gasteiger partial charge in [-0.1, -0.05) is 44.2 Å². The van der Waals surface area contributed by atoms with Crippen LogP contribution in [0, 0.1) is 11.8 Å². The third kappa shape index (κ3) is 4.32. The van der Waals surface area contributed by atoms with Crippen LogP contribution >= 0.6 is 0 Å². The van der Waals surface area contributed by atoms with Crippen molar-refractivity contribution in [1.82, 2.24) is 4.90 Å². The van der Waals surface area contributed by atoms with Crippen LogP contribution in [0.1, 0.15) is 38.7 Å². The normalized spacial score (nSPS) is 27.7. The zero-order chi connectivity index (χ0) is 13.7. The van der Waals surface area contributed by atoms with Gasteiger partial charge in [-0.15, -0.1) is 0 Å². The molecule has 1 aromatic rings. The fraction of sp³-hybridized carbons (Fsp3) is 0.647. The third-order valence-corrected chi connectivity index (χ3v) is 4.31. The predicted molar refractivity (Wildman–Crippen MR) is 81.9 cm³/mol. The summed E-state index contributed by atoms with van der Waals surface area (Å²) in [4.78, 5) is 2.60. The molecule has 2 nitrogen and oxygen atoms in total. The Morgan fingerprint density at radius 1 is 1.05 bits per heavy atom. The molecule has 1 saturated carbocycles. The van der Waals surface area contributed by atoms with E-state index in [1.807, 2.05) is 0 Å². The quantitative estimate of drug-likeness (QED) is 0.880. The molecule has 0 aliphatic heterocycles. The minimum Gasteiger partial charge on any atom is -0.329 e. The van der Waals surface area contributed by atoms with Crippen LogP contribution in [0.4, 0.5) is 0 Å². The number of hydrogen-bond acceptors (Lipinski definition) is 2. The van der Waals surface area contributed by atoms with Gasteiger partial charge in [-0.3, -0.25) is 4.90 Å². The predicted octanol–water partition coefficient (Wildman–Crippen LogP) is 3.27. The van der Waals surface area contributed by atoms with Gasteiger partial charge in [0.05, 0.1) is 0 Å². The first-order valence-electron chi connectivity index (χ1n) is 7.67. The Balaban J connectivity index is 2.02. The highest BCUT2D eigenvalue weighted by Gasteiger charge is 2.27. The molecule has 2 N–H and O–H groups in total. The van der Waals surface area contributed by atoms with E-state index in [4.69, 9.17) is 5.73 Å². The molecule has 0 radical (unpaired) electrons. The van der Waals surface area contributed by atoms with Crippen molar-refractivity contribution < 1.29 is 0 Å². The van der Waals surface area contributed by atoms with Crippen LogP contribution in [0.15, 0.2) is 30.3 Å². The van der Waals surface area contributed by atoms with Crippen LogP contribution in [-0.2, 0) is 6.54 Å². The lowest BCUT2D eigenvalue weighted by Crippen LogP contribution is -2.42. The number of nitrogens with zero attached hydrogens (tertiary/aromatic N) is 1. The zero-order valence-corrected chi connectivity index (χ0v) is 12.4. The minimum absolute atomic E-state index is 0.711. The summed E-state index contributed by atoms with van der Waals surface area (Å²) >= 11 is 0. The van der Waals surface area contributed by atoms with E-state index >= 15 is 0 Å². The molecule has 0 saturated heterocycles. The Morgan fingerprint density at radius 3 is 2.26 bits per heavy atom. The summed E-state index contributed by atoms with van der Waals surface area (Å²) in [7, 11) is 0. The Labute approximate surface area is 118 Å². The second-order valence-corrected chi connectivity index (χ2v) is 6.32. The summed E-state index contributed by atoms with van der Waals surface area (Å²) < 4.78 is 0. The number of rotatable bonds is 5. The summed E-state index contributed by atoms with van der Waals surface area (Å²) in [6, 6.07) is 11.5.